The SMILES string of the molecule is CCN(C(=O)CCC1CCNCC1)C(C)CN(C)C. The maximum atomic E-state index is 12.3. The van der Waals surface area contributed by atoms with Gasteiger partial charge in [0.25, 0.3) is 0 Å². The van der Waals surface area contributed by atoms with Crippen LogP contribution in [0.25, 0.3) is 0 Å². The molecule has 0 bridgehead atoms. The van der Waals surface area contributed by atoms with E-state index in [9.17, 15) is 4.79 Å². The molecule has 0 radical (unpaired) electrons. The third kappa shape index (κ3) is 5.91. The van der Waals surface area contributed by atoms with Crippen LogP contribution in [0.5, 0.6) is 0 Å². The first-order valence-corrected chi connectivity index (χ1v) is 7.69. The Morgan fingerprint density at radius 3 is 2.47 bits per heavy atom. The van der Waals surface area contributed by atoms with Crippen LogP contribution >= 0.6 is 0 Å². The van der Waals surface area contributed by atoms with Crippen LogP contribution in [0.3, 0.4) is 0 Å². The second-order valence-corrected chi connectivity index (χ2v) is 6.02. The first-order valence-electron chi connectivity index (χ1n) is 7.69. The van der Waals surface area contributed by atoms with Crippen LogP contribution in [-0.2, 0) is 4.79 Å². The minimum atomic E-state index is 0.306. The Kier molecular flexibility index (Phi) is 7.39. The number of hydrogen-bond acceptors (Lipinski definition) is 3. The highest BCUT2D eigenvalue weighted by Gasteiger charge is 2.21. The van der Waals surface area contributed by atoms with E-state index in [1.165, 1.54) is 12.8 Å². The molecular weight excluding hydrogens is 238 g/mol. The van der Waals surface area contributed by atoms with E-state index in [4.69, 9.17) is 0 Å². The van der Waals surface area contributed by atoms with Crippen LogP contribution in [0.4, 0.5) is 0 Å². The summed E-state index contributed by atoms with van der Waals surface area (Å²) in [5.41, 5.74) is 0. The summed E-state index contributed by atoms with van der Waals surface area (Å²) in [6.07, 6.45) is 4.24. The quantitative estimate of drug-likeness (QED) is 0.762. The highest BCUT2D eigenvalue weighted by molar-refractivity contribution is 5.76. The molecule has 0 saturated carbocycles. The topological polar surface area (TPSA) is 35.6 Å². The van der Waals surface area contributed by atoms with Crippen molar-refractivity contribution in [2.45, 2.75) is 45.6 Å². The van der Waals surface area contributed by atoms with E-state index in [0.29, 0.717) is 11.9 Å². The lowest BCUT2D eigenvalue weighted by molar-refractivity contribution is -0.133. The molecule has 4 nitrogen and oxygen atoms in total. The summed E-state index contributed by atoms with van der Waals surface area (Å²) in [7, 11) is 4.12. The Labute approximate surface area is 118 Å². The van der Waals surface area contributed by atoms with Gasteiger partial charge in [-0.3, -0.25) is 4.79 Å². The molecule has 0 aromatic carbocycles. The highest BCUT2D eigenvalue weighted by atomic mass is 16.2. The zero-order valence-electron chi connectivity index (χ0n) is 13.1. The Bertz CT molecular complexity index is 262. The fraction of sp³-hybridized carbons (Fsp3) is 0.933. The molecule has 0 aromatic heterocycles. The van der Waals surface area contributed by atoms with E-state index in [1.807, 2.05) is 4.90 Å². The van der Waals surface area contributed by atoms with Crippen molar-refractivity contribution in [2.24, 2.45) is 5.92 Å². The van der Waals surface area contributed by atoms with Crippen LogP contribution in [0.2, 0.25) is 0 Å². The van der Waals surface area contributed by atoms with Crippen molar-refractivity contribution >= 4 is 5.91 Å². The number of likely N-dealkylation sites (N-methyl/N-ethyl adjacent to an activating group) is 2. The number of nitrogens with one attached hydrogen (secondary N) is 1. The van der Waals surface area contributed by atoms with Crippen molar-refractivity contribution < 1.29 is 4.79 Å². The van der Waals surface area contributed by atoms with Crippen molar-refractivity contribution in [3.63, 3.8) is 0 Å². The van der Waals surface area contributed by atoms with Crippen molar-refractivity contribution in [3.8, 4) is 0 Å². The minimum Gasteiger partial charge on any atom is -0.339 e. The predicted octanol–water partition coefficient (Wildman–Crippen LogP) is 1.56. The maximum absolute atomic E-state index is 12.3. The van der Waals surface area contributed by atoms with Gasteiger partial charge >= 0.3 is 0 Å². The van der Waals surface area contributed by atoms with E-state index in [-0.39, 0.29) is 0 Å². The Morgan fingerprint density at radius 1 is 1.32 bits per heavy atom. The number of amides is 1. The van der Waals surface area contributed by atoms with Crippen molar-refractivity contribution in [2.75, 3.05) is 40.3 Å². The van der Waals surface area contributed by atoms with E-state index >= 15 is 0 Å². The minimum absolute atomic E-state index is 0.306. The molecule has 1 aliphatic rings. The number of piperidine rings is 1. The van der Waals surface area contributed by atoms with Crippen molar-refractivity contribution in [1.29, 1.82) is 0 Å². The van der Waals surface area contributed by atoms with Gasteiger partial charge < -0.3 is 15.1 Å². The van der Waals surface area contributed by atoms with Gasteiger partial charge in [-0.15, -0.1) is 0 Å². The molecule has 1 aliphatic heterocycles. The van der Waals surface area contributed by atoms with Gasteiger partial charge in [0.15, 0.2) is 0 Å². The molecule has 0 aliphatic carbocycles. The lowest BCUT2D eigenvalue weighted by Crippen LogP contribution is -2.43. The number of carbonyl (C=O) groups excluding carboxylic acids is 1. The molecule has 19 heavy (non-hydrogen) atoms. The molecule has 1 unspecified atom stereocenters. The molecule has 1 N–H and O–H groups in total. The molecule has 112 valence electrons. The largest absolute Gasteiger partial charge is 0.339 e. The lowest BCUT2D eigenvalue weighted by Gasteiger charge is -2.31. The summed E-state index contributed by atoms with van der Waals surface area (Å²) in [5, 5.41) is 3.38. The zero-order chi connectivity index (χ0) is 14.3. The standard InChI is InChI=1S/C15H31N3O/c1-5-18(13(2)12-17(3)4)15(19)7-6-14-8-10-16-11-9-14/h13-14,16H,5-12H2,1-4H3. The third-order valence-electron chi connectivity index (χ3n) is 4.05. The Balaban J connectivity index is 2.35. The van der Waals surface area contributed by atoms with Gasteiger partial charge in [0.2, 0.25) is 5.91 Å². The van der Waals surface area contributed by atoms with Crippen LogP contribution < -0.4 is 5.32 Å². The Hall–Kier alpha value is -0.610. The zero-order valence-corrected chi connectivity index (χ0v) is 13.1. The molecule has 1 rings (SSSR count). The van der Waals surface area contributed by atoms with Gasteiger partial charge in [-0.25, -0.2) is 0 Å². The van der Waals surface area contributed by atoms with Gasteiger partial charge in [0, 0.05) is 25.6 Å². The predicted molar refractivity (Wildman–Crippen MR) is 80.2 cm³/mol. The van der Waals surface area contributed by atoms with E-state index < -0.39 is 0 Å². The summed E-state index contributed by atoms with van der Waals surface area (Å²) in [5.74, 6) is 1.07. The maximum Gasteiger partial charge on any atom is 0.222 e. The third-order valence-corrected chi connectivity index (χ3v) is 4.05. The van der Waals surface area contributed by atoms with E-state index in [1.54, 1.807) is 0 Å². The smallest absolute Gasteiger partial charge is 0.222 e. The molecule has 1 fully saturated rings. The van der Waals surface area contributed by atoms with Crippen molar-refractivity contribution in [1.82, 2.24) is 15.1 Å². The Morgan fingerprint density at radius 2 is 1.95 bits per heavy atom. The summed E-state index contributed by atoms with van der Waals surface area (Å²) in [6.45, 7) is 8.22. The summed E-state index contributed by atoms with van der Waals surface area (Å²) >= 11 is 0. The molecule has 0 spiro atoms. The number of rotatable bonds is 7. The molecule has 1 heterocycles. The molecular formula is C15H31N3O. The number of hydrogen-bond donors (Lipinski definition) is 1. The van der Waals surface area contributed by atoms with E-state index in [2.05, 4.69) is 38.2 Å². The van der Waals surface area contributed by atoms with Gasteiger partial charge in [-0.2, -0.15) is 0 Å². The van der Waals surface area contributed by atoms with Gasteiger partial charge in [-0.05, 0) is 66.2 Å². The molecule has 0 aromatic rings. The van der Waals surface area contributed by atoms with Gasteiger partial charge in [0.1, 0.15) is 0 Å². The highest BCUT2D eigenvalue weighted by Crippen LogP contribution is 2.18. The second-order valence-electron chi connectivity index (χ2n) is 6.02. The molecule has 1 amide bonds. The first kappa shape index (κ1) is 16.4. The summed E-state index contributed by atoms with van der Waals surface area (Å²) in [6, 6.07) is 0.306. The number of carbonyl (C=O) groups is 1. The van der Waals surface area contributed by atoms with Crippen molar-refractivity contribution in [3.05, 3.63) is 0 Å². The lowest BCUT2D eigenvalue weighted by atomic mass is 9.93. The monoisotopic (exact) mass is 269 g/mol. The van der Waals surface area contributed by atoms with E-state index in [0.717, 1.165) is 44.9 Å². The van der Waals surface area contributed by atoms with Gasteiger partial charge in [-0.1, -0.05) is 0 Å². The fourth-order valence-corrected chi connectivity index (χ4v) is 3.00. The average Bonchev–Trinajstić information content (AvgIpc) is 2.37. The normalized spacial score (nSPS) is 18.6. The fourth-order valence-electron chi connectivity index (χ4n) is 3.00. The van der Waals surface area contributed by atoms with Crippen LogP contribution in [0.1, 0.15) is 39.5 Å². The summed E-state index contributed by atoms with van der Waals surface area (Å²) in [4.78, 5) is 16.5. The second kappa shape index (κ2) is 8.54. The number of nitrogens with zero attached hydrogens (tertiary/aromatic N) is 2. The van der Waals surface area contributed by atoms with Crippen LogP contribution in [-0.4, -0.2) is 62.0 Å². The van der Waals surface area contributed by atoms with Gasteiger partial charge in [0.05, 0.1) is 0 Å². The van der Waals surface area contributed by atoms with Crippen LogP contribution in [0.15, 0.2) is 0 Å². The average molecular weight is 269 g/mol. The first-order chi connectivity index (χ1) is 9.04. The van der Waals surface area contributed by atoms with Crippen LogP contribution in [0, 0.1) is 5.92 Å². The summed E-state index contributed by atoms with van der Waals surface area (Å²) < 4.78 is 0. The molecule has 4 heteroatoms. The molecule has 1 saturated heterocycles. The molecule has 1 atom stereocenters.